The average Bonchev–Trinajstić information content (AvgIpc) is 2.91. The van der Waals surface area contributed by atoms with E-state index in [-0.39, 0.29) is 0 Å². The lowest BCUT2D eigenvalue weighted by Crippen LogP contribution is -2.20. The minimum Gasteiger partial charge on any atom is -0.493 e. The largest absolute Gasteiger partial charge is 0.493 e. The zero-order chi connectivity index (χ0) is 15.2. The minimum atomic E-state index is 0.336. The van der Waals surface area contributed by atoms with Crippen molar-refractivity contribution in [2.75, 3.05) is 13.2 Å². The summed E-state index contributed by atoms with van der Waals surface area (Å²) in [6, 6.07) is 6.29. The number of hydrogen-bond donors (Lipinski definition) is 1. The predicted molar refractivity (Wildman–Crippen MR) is 85.6 cm³/mol. The number of Topliss-reactive ketones (excluding diaryl/α,β-unsaturated/α-hetero) is 1. The topological polar surface area (TPSA) is 52.3 Å². The van der Waals surface area contributed by atoms with Crippen molar-refractivity contribution in [2.45, 2.75) is 46.0 Å². The zero-order valence-corrected chi connectivity index (χ0v) is 13.2. The van der Waals surface area contributed by atoms with Crippen LogP contribution in [0.3, 0.4) is 0 Å². The Kier molecular flexibility index (Phi) is 5.80. The number of ether oxygens (including phenoxy) is 1. The summed E-state index contributed by atoms with van der Waals surface area (Å²) in [6.07, 6.45) is 4.10. The quantitative estimate of drug-likeness (QED) is 0.800. The fourth-order valence-corrected chi connectivity index (χ4v) is 3.03. The fraction of sp³-hybridized carbons (Fsp3) is 0.611. The van der Waals surface area contributed by atoms with Crippen LogP contribution in [-0.4, -0.2) is 18.9 Å². The van der Waals surface area contributed by atoms with Crippen molar-refractivity contribution in [3.63, 3.8) is 0 Å². The Labute approximate surface area is 127 Å². The van der Waals surface area contributed by atoms with Gasteiger partial charge in [-0.3, -0.25) is 4.79 Å². The number of hydrogen-bond acceptors (Lipinski definition) is 3. The van der Waals surface area contributed by atoms with Crippen molar-refractivity contribution >= 4 is 5.78 Å². The lowest BCUT2D eigenvalue weighted by Gasteiger charge is -2.16. The van der Waals surface area contributed by atoms with Crippen LogP contribution >= 0.6 is 0 Å². The van der Waals surface area contributed by atoms with Gasteiger partial charge in [-0.15, -0.1) is 0 Å². The summed E-state index contributed by atoms with van der Waals surface area (Å²) in [4.78, 5) is 12.1. The molecular formula is C18H27NO2. The molecule has 1 aromatic rings. The van der Waals surface area contributed by atoms with Crippen LogP contribution in [0.4, 0.5) is 0 Å². The van der Waals surface area contributed by atoms with E-state index < -0.39 is 0 Å². The molecule has 3 nitrogen and oxygen atoms in total. The molecule has 3 heteroatoms. The van der Waals surface area contributed by atoms with Crippen LogP contribution in [0.1, 0.15) is 44.2 Å². The summed E-state index contributed by atoms with van der Waals surface area (Å²) in [5.41, 5.74) is 8.29. The van der Waals surface area contributed by atoms with Gasteiger partial charge in [-0.1, -0.05) is 26.0 Å². The molecule has 1 atom stereocenters. The smallest absolute Gasteiger partial charge is 0.133 e. The first-order valence-electron chi connectivity index (χ1n) is 8.05. The summed E-state index contributed by atoms with van der Waals surface area (Å²) in [5.74, 6) is 2.28. The second kappa shape index (κ2) is 7.60. The van der Waals surface area contributed by atoms with E-state index in [2.05, 4.69) is 26.0 Å². The van der Waals surface area contributed by atoms with Gasteiger partial charge in [-0.05, 0) is 48.4 Å². The molecular weight excluding hydrogens is 262 g/mol. The molecule has 0 spiro atoms. The van der Waals surface area contributed by atoms with Crippen LogP contribution in [-0.2, 0) is 17.6 Å². The molecule has 1 aromatic carbocycles. The molecule has 1 heterocycles. The molecule has 0 aliphatic carbocycles. The van der Waals surface area contributed by atoms with Gasteiger partial charge in [0.05, 0.1) is 6.61 Å². The standard InChI is InChI=1S/C18H27NO2/c1-13(2)9-15(12-19)11-17(20)5-3-14-4-6-18-16(10-14)7-8-21-18/h4,6,10,13,15H,3,5,7-9,11-12,19H2,1-2H3. The number of fused-ring (bicyclic) bond motifs is 1. The van der Waals surface area contributed by atoms with Crippen LogP contribution in [0, 0.1) is 11.8 Å². The molecule has 2 N–H and O–H groups in total. The number of aryl methyl sites for hydroxylation is 1. The Morgan fingerprint density at radius 1 is 1.38 bits per heavy atom. The Bertz CT molecular complexity index is 482. The minimum absolute atomic E-state index is 0.336. The maximum atomic E-state index is 12.1. The van der Waals surface area contributed by atoms with E-state index in [1.54, 1.807) is 0 Å². The van der Waals surface area contributed by atoms with Gasteiger partial charge in [-0.25, -0.2) is 0 Å². The average molecular weight is 289 g/mol. The molecule has 1 aliphatic rings. The zero-order valence-electron chi connectivity index (χ0n) is 13.2. The highest BCUT2D eigenvalue weighted by Crippen LogP contribution is 2.26. The van der Waals surface area contributed by atoms with Crippen molar-refractivity contribution in [3.05, 3.63) is 29.3 Å². The summed E-state index contributed by atoms with van der Waals surface area (Å²) in [6.45, 7) is 5.75. The molecule has 0 aromatic heterocycles. The fourth-order valence-electron chi connectivity index (χ4n) is 3.03. The number of rotatable bonds is 8. The van der Waals surface area contributed by atoms with Crippen molar-refractivity contribution in [3.8, 4) is 5.75 Å². The van der Waals surface area contributed by atoms with E-state index in [4.69, 9.17) is 10.5 Å². The van der Waals surface area contributed by atoms with Crippen molar-refractivity contribution in [1.29, 1.82) is 0 Å². The lowest BCUT2D eigenvalue weighted by atomic mass is 9.91. The maximum absolute atomic E-state index is 12.1. The molecule has 0 bridgehead atoms. The number of nitrogens with two attached hydrogens (primary N) is 1. The van der Waals surface area contributed by atoms with Crippen LogP contribution in [0.5, 0.6) is 5.75 Å². The van der Waals surface area contributed by atoms with E-state index in [9.17, 15) is 4.79 Å². The third-order valence-corrected chi connectivity index (χ3v) is 4.10. The van der Waals surface area contributed by atoms with Crippen molar-refractivity contribution in [1.82, 2.24) is 0 Å². The summed E-state index contributed by atoms with van der Waals surface area (Å²) < 4.78 is 5.50. The van der Waals surface area contributed by atoms with Crippen LogP contribution in [0.25, 0.3) is 0 Å². The van der Waals surface area contributed by atoms with Gasteiger partial charge >= 0.3 is 0 Å². The highest BCUT2D eigenvalue weighted by molar-refractivity contribution is 5.78. The molecule has 116 valence electrons. The normalized spacial score (nSPS) is 14.9. The highest BCUT2D eigenvalue weighted by Gasteiger charge is 2.15. The molecule has 21 heavy (non-hydrogen) atoms. The van der Waals surface area contributed by atoms with Gasteiger partial charge in [0.25, 0.3) is 0 Å². The lowest BCUT2D eigenvalue weighted by molar-refractivity contribution is -0.120. The first kappa shape index (κ1) is 16.0. The third kappa shape index (κ3) is 4.85. The van der Waals surface area contributed by atoms with Gasteiger partial charge < -0.3 is 10.5 Å². The maximum Gasteiger partial charge on any atom is 0.133 e. The second-order valence-electron chi connectivity index (χ2n) is 6.51. The van der Waals surface area contributed by atoms with E-state index in [1.807, 2.05) is 6.07 Å². The SMILES string of the molecule is CC(C)CC(CN)CC(=O)CCc1ccc2c(c1)CCO2. The summed E-state index contributed by atoms with van der Waals surface area (Å²) in [5, 5.41) is 0. The highest BCUT2D eigenvalue weighted by atomic mass is 16.5. The van der Waals surface area contributed by atoms with Gasteiger partial charge in [0.1, 0.15) is 11.5 Å². The van der Waals surface area contributed by atoms with E-state index in [0.29, 0.717) is 37.0 Å². The van der Waals surface area contributed by atoms with Crippen molar-refractivity contribution in [2.24, 2.45) is 17.6 Å². The predicted octanol–water partition coefficient (Wildman–Crippen LogP) is 3.13. The molecule has 1 unspecified atom stereocenters. The molecule has 0 radical (unpaired) electrons. The Hall–Kier alpha value is -1.35. The number of ketones is 1. The summed E-state index contributed by atoms with van der Waals surface area (Å²) in [7, 11) is 0. The molecule has 1 aliphatic heterocycles. The van der Waals surface area contributed by atoms with Crippen LogP contribution in [0.15, 0.2) is 18.2 Å². The third-order valence-electron chi connectivity index (χ3n) is 4.10. The Morgan fingerprint density at radius 2 is 2.19 bits per heavy atom. The molecule has 0 saturated heterocycles. The van der Waals surface area contributed by atoms with Gasteiger partial charge in [0.15, 0.2) is 0 Å². The first-order valence-corrected chi connectivity index (χ1v) is 8.05. The van der Waals surface area contributed by atoms with Gasteiger partial charge in [0.2, 0.25) is 0 Å². The monoisotopic (exact) mass is 289 g/mol. The van der Waals surface area contributed by atoms with E-state index in [1.165, 1.54) is 11.1 Å². The Balaban J connectivity index is 1.80. The molecule has 2 rings (SSSR count). The summed E-state index contributed by atoms with van der Waals surface area (Å²) >= 11 is 0. The van der Waals surface area contributed by atoms with Crippen molar-refractivity contribution < 1.29 is 9.53 Å². The van der Waals surface area contributed by atoms with Crippen LogP contribution < -0.4 is 10.5 Å². The van der Waals surface area contributed by atoms with E-state index in [0.717, 1.165) is 31.6 Å². The van der Waals surface area contributed by atoms with Crippen LogP contribution in [0.2, 0.25) is 0 Å². The Morgan fingerprint density at radius 3 is 2.90 bits per heavy atom. The first-order chi connectivity index (χ1) is 10.1. The number of benzene rings is 1. The molecule has 0 amide bonds. The van der Waals surface area contributed by atoms with E-state index >= 15 is 0 Å². The van der Waals surface area contributed by atoms with Gasteiger partial charge in [0, 0.05) is 19.3 Å². The molecule has 0 fully saturated rings. The number of carbonyl (C=O) groups is 1. The number of carbonyl (C=O) groups excluding carboxylic acids is 1. The second-order valence-corrected chi connectivity index (χ2v) is 6.51. The van der Waals surface area contributed by atoms with Gasteiger partial charge in [-0.2, -0.15) is 0 Å². The molecule has 0 saturated carbocycles.